The van der Waals surface area contributed by atoms with Crippen molar-refractivity contribution in [2.24, 2.45) is 5.73 Å². The van der Waals surface area contributed by atoms with Crippen LogP contribution in [0.3, 0.4) is 0 Å². The molecule has 0 aromatic carbocycles. The lowest BCUT2D eigenvalue weighted by Gasteiger charge is -2.37. The van der Waals surface area contributed by atoms with E-state index in [1.807, 2.05) is 13.8 Å². The lowest BCUT2D eigenvalue weighted by atomic mass is 9.87. The third-order valence-corrected chi connectivity index (χ3v) is 3.04. The summed E-state index contributed by atoms with van der Waals surface area (Å²) in [4.78, 5) is 23.6. The predicted molar refractivity (Wildman–Crippen MR) is 71.0 cm³/mol. The molecule has 4 N–H and O–H groups in total. The van der Waals surface area contributed by atoms with Gasteiger partial charge >= 0.3 is 0 Å². The van der Waals surface area contributed by atoms with Crippen LogP contribution in [0.15, 0.2) is 23.9 Å². The molecule has 0 aliphatic carbocycles. The van der Waals surface area contributed by atoms with Crippen LogP contribution < -0.4 is 11.1 Å². The smallest absolute Gasteiger partial charge is 0.252 e. The highest BCUT2D eigenvalue weighted by Crippen LogP contribution is 2.28. The third kappa shape index (κ3) is 3.14. The van der Waals surface area contributed by atoms with Crippen LogP contribution in [-0.4, -0.2) is 34.2 Å². The minimum Gasteiger partial charge on any atom is -0.366 e. The van der Waals surface area contributed by atoms with E-state index in [1.165, 1.54) is 18.4 Å². The molecule has 0 saturated heterocycles. The molecule has 19 heavy (non-hydrogen) atoms. The van der Waals surface area contributed by atoms with Crippen molar-refractivity contribution in [2.75, 3.05) is 6.54 Å². The fourth-order valence-electron chi connectivity index (χ4n) is 2.05. The van der Waals surface area contributed by atoms with Gasteiger partial charge in [-0.15, -0.1) is 0 Å². The quantitative estimate of drug-likeness (QED) is 0.659. The average Bonchev–Trinajstić information content (AvgIpc) is 2.38. The number of nitrogens with zero attached hydrogens (tertiary/aromatic N) is 1. The van der Waals surface area contributed by atoms with Crippen molar-refractivity contribution in [3.8, 4) is 0 Å². The maximum atomic E-state index is 12.3. The number of hydroxylamine groups is 2. The molecular weight excluding hydrogens is 246 g/mol. The van der Waals surface area contributed by atoms with E-state index in [0.717, 1.165) is 11.5 Å². The maximum absolute atomic E-state index is 12.3. The number of carbonyl (C=O) groups is 2. The molecule has 1 unspecified atom stereocenters. The summed E-state index contributed by atoms with van der Waals surface area (Å²) in [5.74, 6) is -0.949. The molecule has 0 aromatic rings. The number of hydrogen-bond acceptors (Lipinski definition) is 4. The van der Waals surface area contributed by atoms with Gasteiger partial charge in [0.15, 0.2) is 5.54 Å². The first-order valence-corrected chi connectivity index (χ1v) is 6.45. The number of nitrogens with one attached hydrogen (secondary N) is 1. The minimum atomic E-state index is -1.26. The highest BCUT2D eigenvalue weighted by atomic mass is 16.5. The summed E-state index contributed by atoms with van der Waals surface area (Å²) in [5, 5.41) is 13.6. The van der Waals surface area contributed by atoms with E-state index in [-0.39, 0.29) is 11.5 Å². The first kappa shape index (κ1) is 15.2. The summed E-state index contributed by atoms with van der Waals surface area (Å²) in [7, 11) is 0. The second-order valence-electron chi connectivity index (χ2n) is 4.55. The first-order chi connectivity index (χ1) is 8.97. The molecule has 0 radical (unpaired) electrons. The zero-order valence-corrected chi connectivity index (χ0v) is 11.3. The zero-order chi connectivity index (χ0) is 14.5. The van der Waals surface area contributed by atoms with Crippen LogP contribution >= 0.6 is 0 Å². The summed E-state index contributed by atoms with van der Waals surface area (Å²) in [6, 6.07) is 0. The number of hydrogen-bond donors (Lipinski definition) is 3. The Morgan fingerprint density at radius 2 is 2.11 bits per heavy atom. The Kier molecular flexibility index (Phi) is 5.11. The lowest BCUT2D eigenvalue weighted by molar-refractivity contribution is -0.155. The summed E-state index contributed by atoms with van der Waals surface area (Å²) in [6.07, 6.45) is 5.98. The van der Waals surface area contributed by atoms with Crippen molar-refractivity contribution in [3.05, 3.63) is 23.9 Å². The van der Waals surface area contributed by atoms with Gasteiger partial charge in [-0.1, -0.05) is 20.3 Å². The van der Waals surface area contributed by atoms with Crippen molar-refractivity contribution in [1.29, 1.82) is 0 Å². The Labute approximate surface area is 112 Å². The fourth-order valence-corrected chi connectivity index (χ4v) is 2.05. The Morgan fingerprint density at radius 1 is 1.42 bits per heavy atom. The van der Waals surface area contributed by atoms with Crippen molar-refractivity contribution in [3.63, 3.8) is 0 Å². The molecular formula is C13H21N3O3. The predicted octanol–water partition coefficient (Wildman–Crippen LogP) is 0.682. The topological polar surface area (TPSA) is 95.7 Å². The summed E-state index contributed by atoms with van der Waals surface area (Å²) in [6.45, 7) is 4.36. The molecule has 1 heterocycles. The summed E-state index contributed by atoms with van der Waals surface area (Å²) < 4.78 is 0. The van der Waals surface area contributed by atoms with Gasteiger partial charge in [-0.3, -0.25) is 14.8 Å². The van der Waals surface area contributed by atoms with Gasteiger partial charge in [-0.05, 0) is 25.0 Å². The molecule has 0 aromatic heterocycles. The van der Waals surface area contributed by atoms with Gasteiger partial charge in [0.05, 0.1) is 0 Å². The molecule has 2 amide bonds. The van der Waals surface area contributed by atoms with Crippen LogP contribution in [0.1, 0.15) is 33.1 Å². The van der Waals surface area contributed by atoms with Crippen molar-refractivity contribution >= 4 is 11.8 Å². The molecule has 6 nitrogen and oxygen atoms in total. The number of rotatable bonds is 6. The van der Waals surface area contributed by atoms with Crippen molar-refractivity contribution in [2.45, 2.75) is 38.6 Å². The van der Waals surface area contributed by atoms with E-state index in [9.17, 15) is 14.8 Å². The minimum absolute atomic E-state index is 0.227. The highest BCUT2D eigenvalue weighted by molar-refractivity contribution is 5.98. The van der Waals surface area contributed by atoms with Gasteiger partial charge in [0.1, 0.15) is 0 Å². The average molecular weight is 267 g/mol. The van der Waals surface area contributed by atoms with Gasteiger partial charge < -0.3 is 11.1 Å². The molecule has 0 fully saturated rings. The molecule has 0 saturated carbocycles. The van der Waals surface area contributed by atoms with E-state index in [4.69, 9.17) is 5.73 Å². The maximum Gasteiger partial charge on any atom is 0.252 e. The van der Waals surface area contributed by atoms with Crippen LogP contribution in [0.2, 0.25) is 0 Å². The molecule has 1 aliphatic rings. The van der Waals surface area contributed by atoms with Crippen LogP contribution in [0.4, 0.5) is 0 Å². The second-order valence-corrected chi connectivity index (χ2v) is 4.55. The first-order valence-electron chi connectivity index (χ1n) is 6.45. The van der Waals surface area contributed by atoms with Gasteiger partial charge in [-0.25, -0.2) is 5.06 Å². The van der Waals surface area contributed by atoms with Crippen LogP contribution in [0.25, 0.3) is 0 Å². The molecule has 1 aliphatic heterocycles. The number of nitrogens with two attached hydrogens (primary N) is 1. The Hall–Kier alpha value is -1.82. The zero-order valence-electron chi connectivity index (χ0n) is 11.3. The summed E-state index contributed by atoms with van der Waals surface area (Å²) >= 11 is 0. The normalized spacial score (nSPS) is 22.1. The van der Waals surface area contributed by atoms with E-state index < -0.39 is 11.4 Å². The van der Waals surface area contributed by atoms with Crippen LogP contribution in [-0.2, 0) is 9.59 Å². The van der Waals surface area contributed by atoms with E-state index >= 15 is 0 Å². The monoisotopic (exact) mass is 267 g/mol. The highest BCUT2D eigenvalue weighted by Gasteiger charge is 2.42. The molecule has 0 bridgehead atoms. The van der Waals surface area contributed by atoms with E-state index in [0.29, 0.717) is 19.4 Å². The Bertz CT molecular complexity index is 417. The van der Waals surface area contributed by atoms with Gasteiger partial charge in [-0.2, -0.15) is 0 Å². The van der Waals surface area contributed by atoms with Gasteiger partial charge in [0.2, 0.25) is 5.91 Å². The SMILES string of the molecule is CCCNC(=O)C1(CCC)C=C(C(N)=O)C=CN1O. The largest absolute Gasteiger partial charge is 0.366 e. The van der Waals surface area contributed by atoms with Gasteiger partial charge in [0.25, 0.3) is 5.91 Å². The fraction of sp³-hybridized carbons (Fsp3) is 0.538. The molecule has 1 rings (SSSR count). The molecule has 0 spiro atoms. The van der Waals surface area contributed by atoms with Gasteiger partial charge in [0, 0.05) is 18.3 Å². The second kappa shape index (κ2) is 6.38. The molecule has 1 atom stereocenters. The molecule has 6 heteroatoms. The number of primary amides is 1. The Balaban J connectivity index is 3.11. The molecule has 106 valence electrons. The number of carbonyl (C=O) groups excluding carboxylic acids is 2. The Morgan fingerprint density at radius 3 is 2.63 bits per heavy atom. The van der Waals surface area contributed by atoms with E-state index in [2.05, 4.69) is 5.32 Å². The van der Waals surface area contributed by atoms with E-state index in [1.54, 1.807) is 0 Å². The third-order valence-electron chi connectivity index (χ3n) is 3.04. The number of amides is 2. The van der Waals surface area contributed by atoms with Crippen molar-refractivity contribution < 1.29 is 14.8 Å². The summed E-state index contributed by atoms with van der Waals surface area (Å²) in [5.41, 5.74) is 4.21. The van der Waals surface area contributed by atoms with Crippen molar-refractivity contribution in [1.82, 2.24) is 10.4 Å². The standard InChI is InChI=1S/C13H21N3O3/c1-3-6-13(12(18)15-7-4-2)9-10(11(14)17)5-8-16(13)19/h5,8-9,19H,3-4,6-7H2,1-2H3,(H2,14,17)(H,15,18). The lowest BCUT2D eigenvalue weighted by Crippen LogP contribution is -2.56. The van der Waals surface area contributed by atoms with Crippen LogP contribution in [0, 0.1) is 0 Å². The van der Waals surface area contributed by atoms with Crippen LogP contribution in [0.5, 0.6) is 0 Å².